The van der Waals surface area contributed by atoms with Gasteiger partial charge in [-0.15, -0.1) is 0 Å². The number of hydrogen-bond acceptors (Lipinski definition) is 11. The lowest BCUT2D eigenvalue weighted by Crippen LogP contribution is -2.46. The largest absolute Gasteiger partial charge is 0.444 e. The molecule has 0 bridgehead atoms. The van der Waals surface area contributed by atoms with Crippen LogP contribution in [0.15, 0.2) is 12.7 Å². The van der Waals surface area contributed by atoms with E-state index in [9.17, 15) is 4.79 Å². The molecule has 0 saturated carbocycles. The molecule has 5 N–H and O–H groups in total. The summed E-state index contributed by atoms with van der Waals surface area (Å²) in [5.41, 5.74) is 12.4. The number of hydrogen-bond donors (Lipinski definition) is 3. The number of rotatable bonds is 10. The summed E-state index contributed by atoms with van der Waals surface area (Å²) in [7, 11) is 0. The summed E-state index contributed by atoms with van der Waals surface area (Å²) >= 11 is 0. The minimum Gasteiger partial charge on any atom is -0.444 e. The van der Waals surface area contributed by atoms with Gasteiger partial charge in [0.05, 0.1) is 6.33 Å². The quantitative estimate of drug-likeness (QED) is 0.381. The van der Waals surface area contributed by atoms with Gasteiger partial charge in [0.1, 0.15) is 35.8 Å². The Labute approximate surface area is 242 Å². The molecule has 0 radical (unpaired) electrons. The molecule has 2 aliphatic heterocycles. The fraction of sp³-hybridized carbons (Fsp3) is 0.786. The molecular weight excluding hydrogens is 528 g/mol. The normalized spacial score (nSPS) is 25.0. The maximum atomic E-state index is 12.5. The molecule has 0 spiro atoms. The summed E-state index contributed by atoms with van der Waals surface area (Å²) in [5, 5.41) is 3.08. The minimum absolute atomic E-state index is 0.0510. The number of nitrogen functional groups attached to an aromatic ring is 1. The summed E-state index contributed by atoms with van der Waals surface area (Å²) in [6.07, 6.45) is 2.92. The van der Waals surface area contributed by atoms with E-state index in [2.05, 4.69) is 45.9 Å². The fourth-order valence-corrected chi connectivity index (χ4v) is 5.51. The molecule has 1 amide bonds. The Kier molecular flexibility index (Phi) is 9.15. The van der Waals surface area contributed by atoms with Gasteiger partial charge in [-0.25, -0.2) is 19.7 Å². The van der Waals surface area contributed by atoms with Crippen LogP contribution in [0.2, 0.25) is 0 Å². The Morgan fingerprint density at radius 3 is 2.51 bits per heavy atom. The summed E-state index contributed by atoms with van der Waals surface area (Å²) in [6.45, 7) is 18.4. The Hall–Kier alpha value is -2.58. The van der Waals surface area contributed by atoms with Crippen LogP contribution in [0.1, 0.15) is 74.5 Å². The van der Waals surface area contributed by atoms with Crippen LogP contribution < -0.4 is 16.8 Å². The molecule has 2 aliphatic rings. The average Bonchev–Trinajstić information content (AvgIpc) is 3.48. The first-order chi connectivity index (χ1) is 19.1. The van der Waals surface area contributed by atoms with Crippen LogP contribution in [-0.4, -0.2) is 92.4 Å². The molecular formula is C28H48N8O5. The van der Waals surface area contributed by atoms with Crippen LogP contribution in [0, 0.1) is 5.41 Å². The Morgan fingerprint density at radius 1 is 1.15 bits per heavy atom. The van der Waals surface area contributed by atoms with Crippen molar-refractivity contribution in [3.8, 4) is 0 Å². The van der Waals surface area contributed by atoms with Crippen LogP contribution >= 0.6 is 0 Å². The SMILES string of the molecule is CC(C)(C)OC(=O)N[C@@H](CCCN(CCN)C[C@H]1O[C@@H](n2cnc3c(N)ncnc32)[C@@H]2OC(C)(C)O[C@@H]21)C(C)(C)C. The molecule has 2 aromatic heterocycles. The highest BCUT2D eigenvalue weighted by Gasteiger charge is 2.56. The fourth-order valence-electron chi connectivity index (χ4n) is 5.51. The zero-order valence-corrected chi connectivity index (χ0v) is 25.7. The number of imidazole rings is 1. The number of carbonyl (C=O) groups is 1. The molecule has 230 valence electrons. The number of alkyl carbamates (subject to hydrolysis) is 1. The van der Waals surface area contributed by atoms with Gasteiger partial charge >= 0.3 is 6.09 Å². The molecule has 4 heterocycles. The monoisotopic (exact) mass is 576 g/mol. The van der Waals surface area contributed by atoms with Crippen LogP contribution in [0.25, 0.3) is 11.2 Å². The first kappa shape index (κ1) is 31.4. The second kappa shape index (κ2) is 12.0. The van der Waals surface area contributed by atoms with Crippen molar-refractivity contribution in [3.63, 3.8) is 0 Å². The number of carbonyl (C=O) groups excluding carboxylic acids is 1. The van der Waals surface area contributed by atoms with E-state index in [0.29, 0.717) is 36.6 Å². The number of ether oxygens (including phenoxy) is 4. The third-order valence-corrected chi connectivity index (χ3v) is 7.37. The van der Waals surface area contributed by atoms with Gasteiger partial charge in [-0.2, -0.15) is 0 Å². The van der Waals surface area contributed by atoms with Crippen LogP contribution in [0.3, 0.4) is 0 Å². The van der Waals surface area contributed by atoms with E-state index in [1.54, 1.807) is 6.33 Å². The van der Waals surface area contributed by atoms with Gasteiger partial charge in [0.2, 0.25) is 0 Å². The molecule has 4 rings (SSSR count). The van der Waals surface area contributed by atoms with E-state index in [1.165, 1.54) is 6.33 Å². The number of nitrogens with zero attached hydrogens (tertiary/aromatic N) is 5. The van der Waals surface area contributed by atoms with Gasteiger partial charge < -0.3 is 35.7 Å². The predicted molar refractivity (Wildman–Crippen MR) is 155 cm³/mol. The number of nitrogens with two attached hydrogens (primary N) is 2. The number of anilines is 1. The summed E-state index contributed by atoms with van der Waals surface area (Å²) in [5.74, 6) is -0.445. The zero-order valence-electron chi connectivity index (χ0n) is 25.7. The van der Waals surface area contributed by atoms with E-state index in [-0.39, 0.29) is 29.8 Å². The predicted octanol–water partition coefficient (Wildman–Crippen LogP) is 2.81. The lowest BCUT2D eigenvalue weighted by molar-refractivity contribution is -0.198. The third-order valence-electron chi connectivity index (χ3n) is 7.37. The van der Waals surface area contributed by atoms with Crippen molar-refractivity contribution >= 4 is 23.1 Å². The van der Waals surface area contributed by atoms with Crippen molar-refractivity contribution in [1.29, 1.82) is 0 Å². The summed E-state index contributed by atoms with van der Waals surface area (Å²) in [4.78, 5) is 27.7. The topological polar surface area (TPSA) is 165 Å². The van der Waals surface area contributed by atoms with Crippen molar-refractivity contribution < 1.29 is 23.7 Å². The van der Waals surface area contributed by atoms with E-state index in [4.69, 9.17) is 30.4 Å². The van der Waals surface area contributed by atoms with Gasteiger partial charge in [-0.05, 0) is 59.4 Å². The van der Waals surface area contributed by atoms with E-state index < -0.39 is 23.7 Å². The maximum Gasteiger partial charge on any atom is 0.407 e. The van der Waals surface area contributed by atoms with Crippen molar-refractivity contribution in [2.24, 2.45) is 11.1 Å². The smallest absolute Gasteiger partial charge is 0.407 e. The highest BCUT2D eigenvalue weighted by atomic mass is 16.8. The second-order valence-electron chi connectivity index (χ2n) is 13.5. The number of amides is 1. The molecule has 13 heteroatoms. The molecule has 0 aromatic carbocycles. The number of nitrogens with one attached hydrogen (secondary N) is 1. The zero-order chi connectivity index (χ0) is 30.2. The molecule has 2 fully saturated rings. The number of aromatic nitrogens is 4. The Morgan fingerprint density at radius 2 is 1.85 bits per heavy atom. The number of fused-ring (bicyclic) bond motifs is 2. The maximum absolute atomic E-state index is 12.5. The van der Waals surface area contributed by atoms with Crippen molar-refractivity contribution in [1.82, 2.24) is 29.7 Å². The molecule has 5 atom stereocenters. The lowest BCUT2D eigenvalue weighted by atomic mass is 9.84. The first-order valence-corrected chi connectivity index (χ1v) is 14.4. The van der Waals surface area contributed by atoms with Crippen molar-refractivity contribution in [2.75, 3.05) is 31.9 Å². The van der Waals surface area contributed by atoms with E-state index in [0.717, 1.165) is 19.4 Å². The molecule has 2 saturated heterocycles. The Balaban J connectivity index is 1.44. The summed E-state index contributed by atoms with van der Waals surface area (Å²) in [6, 6.07) is -0.0510. The van der Waals surface area contributed by atoms with Crippen LogP contribution in [0.5, 0.6) is 0 Å². The minimum atomic E-state index is -0.758. The van der Waals surface area contributed by atoms with Gasteiger partial charge in [-0.3, -0.25) is 9.47 Å². The van der Waals surface area contributed by atoms with Gasteiger partial charge in [0.25, 0.3) is 0 Å². The van der Waals surface area contributed by atoms with Crippen LogP contribution in [-0.2, 0) is 18.9 Å². The molecule has 41 heavy (non-hydrogen) atoms. The third kappa shape index (κ3) is 7.63. The van der Waals surface area contributed by atoms with Gasteiger partial charge in [0.15, 0.2) is 23.5 Å². The molecule has 13 nitrogen and oxygen atoms in total. The summed E-state index contributed by atoms with van der Waals surface area (Å²) < 4.78 is 26.6. The molecule has 2 aromatic rings. The van der Waals surface area contributed by atoms with Crippen molar-refractivity contribution in [2.45, 2.75) is 110 Å². The van der Waals surface area contributed by atoms with E-state index in [1.807, 2.05) is 39.2 Å². The second-order valence-corrected chi connectivity index (χ2v) is 13.5. The van der Waals surface area contributed by atoms with Gasteiger partial charge in [-0.1, -0.05) is 20.8 Å². The first-order valence-electron chi connectivity index (χ1n) is 14.4. The molecule has 0 aliphatic carbocycles. The standard InChI is InChI=1S/C28H48N8O5/c1-26(2,3)18(34-25(37)41-27(4,5)6)10-9-12-35(13-11-29)14-17-20-21(40-28(7,8)39-20)24(38-17)36-16-33-19-22(30)31-15-32-23(19)36/h15-18,20-21,24H,9-14,29H2,1-8H3,(H,34,37)(H2,30,31,32)/t17-,18+,20-,21-,24-/m1/s1. The highest BCUT2D eigenvalue weighted by molar-refractivity contribution is 5.81. The van der Waals surface area contributed by atoms with E-state index >= 15 is 0 Å². The Bertz CT molecular complexity index is 1190. The van der Waals surface area contributed by atoms with Gasteiger partial charge in [0, 0.05) is 25.7 Å². The average molecular weight is 577 g/mol. The van der Waals surface area contributed by atoms with Crippen LogP contribution in [0.4, 0.5) is 10.6 Å². The molecule has 0 unspecified atom stereocenters. The lowest BCUT2D eigenvalue weighted by Gasteiger charge is -2.33. The van der Waals surface area contributed by atoms with Crippen molar-refractivity contribution in [3.05, 3.63) is 12.7 Å². The highest BCUT2D eigenvalue weighted by Crippen LogP contribution is 2.44.